The van der Waals surface area contributed by atoms with Crippen molar-refractivity contribution in [3.63, 3.8) is 0 Å². The van der Waals surface area contributed by atoms with Crippen LogP contribution in [-0.2, 0) is 20.9 Å². The average molecular weight is 459 g/mol. The van der Waals surface area contributed by atoms with E-state index in [1.54, 1.807) is 0 Å². The van der Waals surface area contributed by atoms with E-state index >= 15 is 0 Å². The van der Waals surface area contributed by atoms with Crippen LogP contribution in [0, 0.1) is 5.92 Å². The van der Waals surface area contributed by atoms with E-state index < -0.39 is 0 Å². The smallest absolute Gasteiger partial charge is 0.306 e. The van der Waals surface area contributed by atoms with Gasteiger partial charge in [-0.3, -0.25) is 9.59 Å². The third-order valence-electron chi connectivity index (χ3n) is 5.61. The van der Waals surface area contributed by atoms with Crippen molar-refractivity contribution in [2.45, 2.75) is 52.7 Å². The van der Waals surface area contributed by atoms with E-state index in [4.69, 9.17) is 4.74 Å². The van der Waals surface area contributed by atoms with Gasteiger partial charge >= 0.3 is 5.97 Å². The first kappa shape index (κ1) is 25.0. The lowest BCUT2D eigenvalue weighted by Gasteiger charge is -2.25. The maximum atomic E-state index is 12.3. The highest BCUT2D eigenvalue weighted by Gasteiger charge is 2.19. The number of ether oxygens (including phenoxy) is 1. The molecule has 0 saturated heterocycles. The number of hydrogen-bond donors (Lipinski definition) is 1. The van der Waals surface area contributed by atoms with Crippen LogP contribution in [0.3, 0.4) is 0 Å². The summed E-state index contributed by atoms with van der Waals surface area (Å²) in [6.07, 6.45) is 1.43. The Balaban J connectivity index is 1.59. The number of benzene rings is 3. The van der Waals surface area contributed by atoms with Crippen LogP contribution in [0.1, 0.15) is 45.6 Å². The molecule has 0 aliphatic carbocycles. The molecule has 0 spiro atoms. The highest BCUT2D eigenvalue weighted by Crippen LogP contribution is 2.34. The first-order valence-corrected chi connectivity index (χ1v) is 11.9. The number of nitrogens with zero attached hydrogens (tertiary/aromatic N) is 1. The second-order valence-electron chi connectivity index (χ2n) is 8.64. The van der Waals surface area contributed by atoms with Crippen LogP contribution in [-0.4, -0.2) is 17.9 Å². The fourth-order valence-electron chi connectivity index (χ4n) is 3.79. The molecule has 0 radical (unpaired) electrons. The number of esters is 1. The van der Waals surface area contributed by atoms with Crippen molar-refractivity contribution in [3.05, 3.63) is 90.5 Å². The van der Waals surface area contributed by atoms with Crippen molar-refractivity contribution in [2.75, 3.05) is 4.90 Å². The molecule has 0 heterocycles. The molecular formula is C29H34N2O3. The molecule has 0 saturated carbocycles. The summed E-state index contributed by atoms with van der Waals surface area (Å²) in [5, 5.41) is 2.92. The molecule has 5 heteroatoms. The Morgan fingerprint density at radius 3 is 1.85 bits per heavy atom. The summed E-state index contributed by atoms with van der Waals surface area (Å²) in [7, 11) is 0. The third kappa shape index (κ3) is 7.20. The van der Waals surface area contributed by atoms with Crippen molar-refractivity contribution in [2.24, 2.45) is 5.92 Å². The highest BCUT2D eigenvalue weighted by molar-refractivity contribution is 5.80. The standard InChI is InChI=1S/C29H34N2O3/c1-4-24(29(33)30-22(2)3)17-20-28(32)34-21-23-15-18-27(19-16-23)31(25-11-7-5-8-12-25)26-13-9-6-10-14-26/h5-16,18-19,22,24H,4,17,20-21H2,1-3H3,(H,30,33). The van der Waals surface area contributed by atoms with Crippen LogP contribution < -0.4 is 10.2 Å². The van der Waals surface area contributed by atoms with Crippen LogP contribution >= 0.6 is 0 Å². The molecule has 0 aliphatic heterocycles. The van der Waals surface area contributed by atoms with E-state index in [0.717, 1.165) is 22.6 Å². The monoisotopic (exact) mass is 458 g/mol. The van der Waals surface area contributed by atoms with E-state index in [2.05, 4.69) is 34.5 Å². The number of amides is 1. The summed E-state index contributed by atoms with van der Waals surface area (Å²) < 4.78 is 5.47. The Kier molecular flexibility index (Phi) is 9.27. The van der Waals surface area contributed by atoms with Gasteiger partial charge in [-0.15, -0.1) is 0 Å². The second-order valence-corrected chi connectivity index (χ2v) is 8.64. The minimum atomic E-state index is -0.282. The van der Waals surface area contributed by atoms with E-state index in [-0.39, 0.29) is 36.9 Å². The molecule has 5 nitrogen and oxygen atoms in total. The van der Waals surface area contributed by atoms with Gasteiger partial charge in [0, 0.05) is 35.4 Å². The Morgan fingerprint density at radius 1 is 0.824 bits per heavy atom. The number of para-hydroxylation sites is 2. The molecule has 1 atom stereocenters. The molecule has 0 aromatic heterocycles. The van der Waals surface area contributed by atoms with Gasteiger partial charge in [-0.25, -0.2) is 0 Å². The van der Waals surface area contributed by atoms with Crippen LogP contribution in [0.15, 0.2) is 84.9 Å². The van der Waals surface area contributed by atoms with Crippen LogP contribution in [0.5, 0.6) is 0 Å². The van der Waals surface area contributed by atoms with Crippen molar-refractivity contribution >= 4 is 28.9 Å². The highest BCUT2D eigenvalue weighted by atomic mass is 16.5. The van der Waals surface area contributed by atoms with Crippen molar-refractivity contribution < 1.29 is 14.3 Å². The normalized spacial score (nSPS) is 11.6. The zero-order valence-corrected chi connectivity index (χ0v) is 20.2. The molecular weight excluding hydrogens is 424 g/mol. The van der Waals surface area contributed by atoms with Gasteiger partial charge in [0.1, 0.15) is 6.61 Å². The number of rotatable bonds is 11. The third-order valence-corrected chi connectivity index (χ3v) is 5.61. The molecule has 0 fully saturated rings. The molecule has 0 bridgehead atoms. The molecule has 3 rings (SSSR count). The van der Waals surface area contributed by atoms with Crippen molar-refractivity contribution in [3.8, 4) is 0 Å². The van der Waals surface area contributed by atoms with E-state index in [1.807, 2.05) is 81.4 Å². The Labute approximate surface area is 202 Å². The van der Waals surface area contributed by atoms with Gasteiger partial charge in [0.05, 0.1) is 0 Å². The summed E-state index contributed by atoms with van der Waals surface area (Å²) in [6, 6.07) is 28.5. The summed E-state index contributed by atoms with van der Waals surface area (Å²) in [6.45, 7) is 6.04. The van der Waals surface area contributed by atoms with Gasteiger partial charge in [0.15, 0.2) is 0 Å². The van der Waals surface area contributed by atoms with Crippen LogP contribution in [0.25, 0.3) is 0 Å². The fourth-order valence-corrected chi connectivity index (χ4v) is 3.79. The maximum Gasteiger partial charge on any atom is 0.306 e. The van der Waals surface area contributed by atoms with E-state index in [0.29, 0.717) is 12.8 Å². The molecule has 178 valence electrons. The Hall–Kier alpha value is -3.60. The number of nitrogens with one attached hydrogen (secondary N) is 1. The molecule has 0 aliphatic rings. The molecule has 3 aromatic carbocycles. The average Bonchev–Trinajstić information content (AvgIpc) is 2.85. The molecule has 1 unspecified atom stereocenters. The fraction of sp³-hybridized carbons (Fsp3) is 0.310. The van der Waals surface area contributed by atoms with Crippen LogP contribution in [0.4, 0.5) is 17.1 Å². The maximum absolute atomic E-state index is 12.3. The largest absolute Gasteiger partial charge is 0.461 e. The van der Waals surface area contributed by atoms with Gasteiger partial charge in [-0.2, -0.15) is 0 Å². The summed E-state index contributed by atoms with van der Waals surface area (Å²) in [5.41, 5.74) is 4.08. The lowest BCUT2D eigenvalue weighted by Crippen LogP contribution is -2.35. The van der Waals surface area contributed by atoms with Gasteiger partial charge < -0.3 is 15.0 Å². The topological polar surface area (TPSA) is 58.6 Å². The summed E-state index contributed by atoms with van der Waals surface area (Å²) in [4.78, 5) is 26.6. The Morgan fingerprint density at radius 2 is 1.35 bits per heavy atom. The number of hydrogen-bond acceptors (Lipinski definition) is 4. The second kappa shape index (κ2) is 12.6. The quantitative estimate of drug-likeness (QED) is 0.332. The lowest BCUT2D eigenvalue weighted by atomic mass is 9.99. The van der Waals surface area contributed by atoms with Gasteiger partial charge in [-0.1, -0.05) is 55.5 Å². The van der Waals surface area contributed by atoms with Crippen molar-refractivity contribution in [1.29, 1.82) is 0 Å². The van der Waals surface area contributed by atoms with Crippen molar-refractivity contribution in [1.82, 2.24) is 5.32 Å². The number of carbonyl (C=O) groups is 2. The van der Waals surface area contributed by atoms with Gasteiger partial charge in [0.2, 0.25) is 5.91 Å². The first-order valence-electron chi connectivity index (χ1n) is 11.9. The Bertz CT molecular complexity index is 994. The minimum Gasteiger partial charge on any atom is -0.461 e. The predicted octanol–water partition coefficient (Wildman–Crippen LogP) is 6.53. The lowest BCUT2D eigenvalue weighted by molar-refractivity contribution is -0.145. The predicted molar refractivity (Wildman–Crippen MR) is 137 cm³/mol. The molecule has 1 N–H and O–H groups in total. The van der Waals surface area contributed by atoms with Gasteiger partial charge in [0.25, 0.3) is 0 Å². The molecule has 3 aromatic rings. The minimum absolute atomic E-state index is 0.00211. The zero-order valence-electron chi connectivity index (χ0n) is 20.2. The van der Waals surface area contributed by atoms with Crippen LogP contribution in [0.2, 0.25) is 0 Å². The molecule has 34 heavy (non-hydrogen) atoms. The summed E-state index contributed by atoms with van der Waals surface area (Å²) >= 11 is 0. The summed E-state index contributed by atoms with van der Waals surface area (Å²) in [5.74, 6) is -0.450. The number of anilines is 3. The first-order chi connectivity index (χ1) is 16.5. The van der Waals surface area contributed by atoms with E-state index in [9.17, 15) is 9.59 Å². The molecule has 1 amide bonds. The number of carbonyl (C=O) groups excluding carboxylic acids is 2. The SMILES string of the molecule is CCC(CCC(=O)OCc1ccc(N(c2ccccc2)c2ccccc2)cc1)C(=O)NC(C)C. The zero-order chi connectivity index (χ0) is 24.3. The van der Waals surface area contributed by atoms with E-state index in [1.165, 1.54) is 0 Å². The van der Waals surface area contributed by atoms with Gasteiger partial charge in [-0.05, 0) is 68.7 Å².